The van der Waals surface area contributed by atoms with Crippen molar-refractivity contribution in [3.63, 3.8) is 0 Å². The third-order valence-corrected chi connectivity index (χ3v) is 1.65. The molecule has 7 heteroatoms. The van der Waals surface area contributed by atoms with Crippen LogP contribution in [0, 0.1) is 5.92 Å². The summed E-state index contributed by atoms with van der Waals surface area (Å²) in [6.45, 7) is 4.85. The Morgan fingerprint density at radius 2 is 1.67 bits per heavy atom. The van der Waals surface area contributed by atoms with Crippen LogP contribution in [0.15, 0.2) is 5.16 Å². The van der Waals surface area contributed by atoms with E-state index in [4.69, 9.17) is 4.74 Å². The van der Waals surface area contributed by atoms with Gasteiger partial charge in [0.1, 0.15) is 18.9 Å². The average Bonchev–Trinajstić information content (AvgIpc) is 2.23. The molecule has 0 bridgehead atoms. The summed E-state index contributed by atoms with van der Waals surface area (Å²) in [5.41, 5.74) is -0.817. The summed E-state index contributed by atoms with van der Waals surface area (Å²) in [6.07, 6.45) is 0.728. The smallest absolute Gasteiger partial charge is 0.329 e. The van der Waals surface area contributed by atoms with Crippen molar-refractivity contribution in [2.24, 2.45) is 11.1 Å². The first-order valence-corrected chi connectivity index (χ1v) is 5.14. The molecule has 0 aliphatic rings. The Hall–Kier alpha value is -1.92. The molecule has 0 N–H and O–H groups in total. The van der Waals surface area contributed by atoms with Crippen LogP contribution < -0.4 is 0 Å². The normalized spacial score (nSPS) is 12.9. The van der Waals surface area contributed by atoms with E-state index >= 15 is 0 Å². The van der Waals surface area contributed by atoms with Gasteiger partial charge in [0.2, 0.25) is 11.7 Å². The first kappa shape index (κ1) is 16.1. The molecule has 0 saturated heterocycles. The summed E-state index contributed by atoms with van der Waals surface area (Å²) in [6, 6.07) is 0. The van der Waals surface area contributed by atoms with Gasteiger partial charge in [0.15, 0.2) is 0 Å². The largest absolute Gasteiger partial charge is 0.468 e. The topological polar surface area (TPSA) is 91.3 Å². The van der Waals surface area contributed by atoms with Crippen LogP contribution in [0.5, 0.6) is 0 Å². The molecule has 0 amide bonds. The van der Waals surface area contributed by atoms with Crippen LogP contribution >= 0.6 is 0 Å². The summed E-state index contributed by atoms with van der Waals surface area (Å²) in [5.74, 6) is -4.54. The van der Waals surface area contributed by atoms with E-state index in [1.807, 2.05) is 0 Å². The monoisotopic (exact) mass is 259 g/mol. The number of hydrogen-bond acceptors (Lipinski definition) is 7. The van der Waals surface area contributed by atoms with Crippen LogP contribution in [0.1, 0.15) is 20.8 Å². The van der Waals surface area contributed by atoms with Crippen molar-refractivity contribution < 1.29 is 28.7 Å². The van der Waals surface area contributed by atoms with Crippen LogP contribution in [0.4, 0.5) is 0 Å². The number of hydrogen-bond donors (Lipinski definition) is 0. The number of carbonyl (C=O) groups excluding carboxylic acids is 3. The van der Waals surface area contributed by atoms with Crippen LogP contribution in [-0.4, -0.2) is 43.8 Å². The van der Waals surface area contributed by atoms with Crippen molar-refractivity contribution in [1.29, 1.82) is 0 Å². The lowest BCUT2D eigenvalue weighted by Gasteiger charge is -2.21. The van der Waals surface area contributed by atoms with Crippen molar-refractivity contribution in [2.45, 2.75) is 26.4 Å². The molecule has 0 saturated carbocycles. The van der Waals surface area contributed by atoms with E-state index in [1.54, 1.807) is 20.8 Å². The molecule has 7 nitrogen and oxygen atoms in total. The average molecular weight is 259 g/mol. The summed E-state index contributed by atoms with van der Waals surface area (Å²) in [5, 5.41) is 3.20. The lowest BCUT2D eigenvalue weighted by Crippen LogP contribution is -2.38. The van der Waals surface area contributed by atoms with Gasteiger partial charge in [-0.3, -0.25) is 14.4 Å². The number of nitrogens with zero attached hydrogens (tertiary/aromatic N) is 1. The third-order valence-electron chi connectivity index (χ3n) is 1.65. The minimum Gasteiger partial charge on any atom is -0.468 e. The van der Waals surface area contributed by atoms with E-state index in [1.165, 1.54) is 7.11 Å². The van der Waals surface area contributed by atoms with Gasteiger partial charge in [-0.25, -0.2) is 0 Å². The number of rotatable bonds is 5. The molecular weight excluding hydrogens is 242 g/mol. The molecule has 0 radical (unpaired) electrons. The maximum atomic E-state index is 11.7. The highest BCUT2D eigenvalue weighted by molar-refractivity contribution is 6.38. The minimum atomic E-state index is -1.69. The van der Waals surface area contributed by atoms with Gasteiger partial charge >= 0.3 is 11.9 Å². The van der Waals surface area contributed by atoms with E-state index in [9.17, 15) is 14.4 Å². The molecule has 0 heterocycles. The zero-order valence-electron chi connectivity index (χ0n) is 11.1. The molecule has 0 fully saturated rings. The molecule has 1 atom stereocenters. The third kappa shape index (κ3) is 5.42. The summed E-state index contributed by atoms with van der Waals surface area (Å²) in [7, 11) is 2.30. The number of methoxy groups -OCH3 is 1. The van der Waals surface area contributed by atoms with E-state index in [0.29, 0.717) is 0 Å². The summed E-state index contributed by atoms with van der Waals surface area (Å²) in [4.78, 5) is 39.0. The van der Waals surface area contributed by atoms with Crippen molar-refractivity contribution >= 4 is 23.9 Å². The van der Waals surface area contributed by atoms with Gasteiger partial charge in [-0.1, -0.05) is 5.16 Å². The Labute approximate surface area is 105 Å². The zero-order chi connectivity index (χ0) is 14.3. The van der Waals surface area contributed by atoms with Crippen LogP contribution in [0.25, 0.3) is 0 Å². The minimum absolute atomic E-state index is 0.728. The first-order valence-electron chi connectivity index (χ1n) is 5.14. The summed E-state index contributed by atoms with van der Waals surface area (Å²) >= 11 is 0. The maximum Gasteiger partial charge on any atom is 0.329 e. The highest BCUT2D eigenvalue weighted by Crippen LogP contribution is 2.13. The molecule has 0 aromatic carbocycles. The van der Waals surface area contributed by atoms with Crippen molar-refractivity contribution in [1.82, 2.24) is 0 Å². The van der Waals surface area contributed by atoms with Gasteiger partial charge in [0.05, 0.1) is 7.11 Å². The van der Waals surface area contributed by atoms with Gasteiger partial charge in [0, 0.05) is 0 Å². The number of ether oxygens (including phenoxy) is 2. The number of oxime groups is 1. The first-order chi connectivity index (χ1) is 8.22. The molecule has 0 aromatic rings. The molecule has 1 unspecified atom stereocenters. The molecule has 102 valence electrons. The van der Waals surface area contributed by atoms with Gasteiger partial charge in [0.25, 0.3) is 0 Å². The Bertz CT molecular complexity index is 355. The second kappa shape index (κ2) is 6.73. The predicted molar refractivity (Wildman–Crippen MR) is 61.9 cm³/mol. The van der Waals surface area contributed by atoms with Crippen LogP contribution in [0.3, 0.4) is 0 Å². The van der Waals surface area contributed by atoms with Gasteiger partial charge in [-0.2, -0.15) is 0 Å². The van der Waals surface area contributed by atoms with Crippen LogP contribution in [0.2, 0.25) is 0 Å². The maximum absolute atomic E-state index is 11.7. The standard InChI is InChI=1S/C11H17NO6/c1-11(2,3)18-10(15)8(9(14)16-4)7(13)6-12-17-5/h6,8H,1-5H3. The zero-order valence-corrected chi connectivity index (χ0v) is 11.1. The number of ketones is 1. The number of Topliss-reactive ketones (excluding diaryl/α,β-unsaturated/α-hetero) is 1. The van der Waals surface area contributed by atoms with E-state index in [2.05, 4.69) is 14.7 Å². The molecular formula is C11H17NO6. The molecule has 0 aliphatic carbocycles. The molecule has 18 heavy (non-hydrogen) atoms. The molecule has 0 spiro atoms. The summed E-state index contributed by atoms with van der Waals surface area (Å²) < 4.78 is 9.35. The fraction of sp³-hybridized carbons (Fsp3) is 0.636. The fourth-order valence-electron chi connectivity index (χ4n) is 0.986. The number of carbonyl (C=O) groups is 3. The Morgan fingerprint density at radius 1 is 1.11 bits per heavy atom. The quantitative estimate of drug-likeness (QED) is 0.305. The lowest BCUT2D eigenvalue weighted by atomic mass is 10.0. The molecule has 0 aliphatic heterocycles. The molecule has 0 rings (SSSR count). The van der Waals surface area contributed by atoms with E-state index in [-0.39, 0.29) is 0 Å². The van der Waals surface area contributed by atoms with Gasteiger partial charge < -0.3 is 14.3 Å². The second-order valence-corrected chi connectivity index (χ2v) is 4.31. The lowest BCUT2D eigenvalue weighted by molar-refractivity contribution is -0.168. The van der Waals surface area contributed by atoms with Gasteiger partial charge in [-0.05, 0) is 20.8 Å². The Kier molecular flexibility index (Phi) is 6.01. The Balaban J connectivity index is 5.01. The van der Waals surface area contributed by atoms with Crippen LogP contribution in [-0.2, 0) is 28.7 Å². The van der Waals surface area contributed by atoms with Crippen molar-refractivity contribution in [3.8, 4) is 0 Å². The number of esters is 2. The highest BCUT2D eigenvalue weighted by Gasteiger charge is 2.37. The SMILES string of the molecule is CON=CC(=O)C(C(=O)OC)C(=O)OC(C)(C)C. The van der Waals surface area contributed by atoms with Crippen molar-refractivity contribution in [3.05, 3.63) is 0 Å². The van der Waals surface area contributed by atoms with E-state index in [0.717, 1.165) is 13.3 Å². The van der Waals surface area contributed by atoms with Crippen molar-refractivity contribution in [2.75, 3.05) is 14.2 Å². The second-order valence-electron chi connectivity index (χ2n) is 4.31. The van der Waals surface area contributed by atoms with E-state index < -0.39 is 29.2 Å². The molecule has 0 aromatic heterocycles. The fourth-order valence-corrected chi connectivity index (χ4v) is 0.986. The highest BCUT2D eigenvalue weighted by atomic mass is 16.6. The van der Waals surface area contributed by atoms with Gasteiger partial charge in [-0.15, -0.1) is 0 Å². The Morgan fingerprint density at radius 3 is 2.06 bits per heavy atom. The predicted octanol–water partition coefficient (Wildman–Crippen LogP) is 0.319.